The fraction of sp³-hybridized carbons (Fsp3) is 0.636. The first-order valence-electron chi connectivity index (χ1n) is 5.02. The van der Waals surface area contributed by atoms with Crippen molar-refractivity contribution in [2.75, 3.05) is 13.6 Å². The van der Waals surface area contributed by atoms with Crippen molar-refractivity contribution < 1.29 is 0 Å². The summed E-state index contributed by atoms with van der Waals surface area (Å²) in [4.78, 5) is 5.16. The van der Waals surface area contributed by atoms with Gasteiger partial charge in [-0.05, 0) is 32.5 Å². The summed E-state index contributed by atoms with van der Waals surface area (Å²) in [6, 6.07) is 4.44. The zero-order chi connectivity index (χ0) is 10.6. The van der Waals surface area contributed by atoms with E-state index in [9.17, 15) is 0 Å². The van der Waals surface area contributed by atoms with Gasteiger partial charge in [-0.25, -0.2) is 0 Å². The molecular formula is C11H18ClNS. The van der Waals surface area contributed by atoms with Gasteiger partial charge in [0.25, 0.3) is 0 Å². The summed E-state index contributed by atoms with van der Waals surface area (Å²) in [5, 5.41) is 0.227. The summed E-state index contributed by atoms with van der Waals surface area (Å²) in [5.74, 6) is 0. The SMILES string of the molecule is CCc1ccc(CN(C)CC(C)Cl)s1. The molecular weight excluding hydrogens is 214 g/mol. The number of hydrogen-bond acceptors (Lipinski definition) is 2. The van der Waals surface area contributed by atoms with E-state index in [1.165, 1.54) is 9.75 Å². The maximum Gasteiger partial charge on any atom is 0.0435 e. The lowest BCUT2D eigenvalue weighted by Gasteiger charge is -2.16. The molecule has 1 rings (SSSR count). The van der Waals surface area contributed by atoms with Crippen LogP contribution in [0.1, 0.15) is 23.6 Å². The van der Waals surface area contributed by atoms with E-state index in [0.717, 1.165) is 19.5 Å². The lowest BCUT2D eigenvalue weighted by atomic mass is 10.3. The second-order valence-corrected chi connectivity index (χ2v) is 5.70. The number of nitrogens with zero attached hydrogens (tertiary/aromatic N) is 1. The predicted molar refractivity (Wildman–Crippen MR) is 65.3 cm³/mol. The molecule has 1 unspecified atom stereocenters. The van der Waals surface area contributed by atoms with E-state index >= 15 is 0 Å². The maximum absolute atomic E-state index is 5.93. The van der Waals surface area contributed by atoms with E-state index in [1.807, 2.05) is 18.3 Å². The number of aryl methyl sites for hydroxylation is 1. The second-order valence-electron chi connectivity index (χ2n) is 3.70. The Morgan fingerprint density at radius 2 is 2.07 bits per heavy atom. The van der Waals surface area contributed by atoms with Gasteiger partial charge >= 0.3 is 0 Å². The molecule has 0 aliphatic rings. The van der Waals surface area contributed by atoms with Crippen LogP contribution in [-0.4, -0.2) is 23.9 Å². The molecule has 1 aromatic rings. The molecule has 0 aliphatic heterocycles. The van der Waals surface area contributed by atoms with Gasteiger partial charge in [0.15, 0.2) is 0 Å². The van der Waals surface area contributed by atoms with Gasteiger partial charge in [0.05, 0.1) is 0 Å². The lowest BCUT2D eigenvalue weighted by Crippen LogP contribution is -2.23. The van der Waals surface area contributed by atoms with Crippen LogP contribution in [0.15, 0.2) is 12.1 Å². The summed E-state index contributed by atoms with van der Waals surface area (Å²) in [7, 11) is 2.12. The summed E-state index contributed by atoms with van der Waals surface area (Å²) < 4.78 is 0. The van der Waals surface area contributed by atoms with Crippen LogP contribution < -0.4 is 0 Å². The topological polar surface area (TPSA) is 3.24 Å². The molecule has 0 N–H and O–H groups in total. The van der Waals surface area contributed by atoms with Crippen molar-refractivity contribution in [3.8, 4) is 0 Å². The summed E-state index contributed by atoms with van der Waals surface area (Å²) in [5.41, 5.74) is 0. The molecule has 1 aromatic heterocycles. The van der Waals surface area contributed by atoms with Crippen molar-refractivity contribution in [2.45, 2.75) is 32.2 Å². The Morgan fingerprint density at radius 1 is 1.43 bits per heavy atom. The van der Waals surface area contributed by atoms with Gasteiger partial charge < -0.3 is 0 Å². The van der Waals surface area contributed by atoms with Crippen LogP contribution >= 0.6 is 22.9 Å². The number of halogens is 1. The first kappa shape index (κ1) is 12.0. The van der Waals surface area contributed by atoms with E-state index in [1.54, 1.807) is 0 Å². The highest BCUT2D eigenvalue weighted by Gasteiger charge is 2.05. The zero-order valence-electron chi connectivity index (χ0n) is 9.09. The van der Waals surface area contributed by atoms with Crippen LogP contribution in [0.2, 0.25) is 0 Å². The third kappa shape index (κ3) is 3.99. The Kier molecular flexibility index (Phi) is 4.93. The lowest BCUT2D eigenvalue weighted by molar-refractivity contribution is 0.333. The van der Waals surface area contributed by atoms with Crippen molar-refractivity contribution in [3.05, 3.63) is 21.9 Å². The van der Waals surface area contributed by atoms with Gasteiger partial charge in [0.1, 0.15) is 0 Å². The minimum Gasteiger partial charge on any atom is -0.300 e. The molecule has 80 valence electrons. The highest BCUT2D eigenvalue weighted by molar-refractivity contribution is 7.11. The minimum atomic E-state index is 0.227. The van der Waals surface area contributed by atoms with Gasteiger partial charge in [0.2, 0.25) is 0 Å². The average Bonchev–Trinajstić information content (AvgIpc) is 2.50. The Morgan fingerprint density at radius 3 is 2.57 bits per heavy atom. The summed E-state index contributed by atoms with van der Waals surface area (Å²) >= 11 is 7.84. The van der Waals surface area contributed by atoms with Crippen LogP contribution in [0.3, 0.4) is 0 Å². The van der Waals surface area contributed by atoms with E-state index in [4.69, 9.17) is 11.6 Å². The molecule has 0 fully saturated rings. The maximum atomic E-state index is 5.93. The van der Waals surface area contributed by atoms with Gasteiger partial charge in [-0.2, -0.15) is 0 Å². The molecule has 1 heterocycles. The molecule has 3 heteroatoms. The van der Waals surface area contributed by atoms with Gasteiger partial charge in [-0.3, -0.25) is 4.90 Å². The second kappa shape index (κ2) is 5.74. The molecule has 1 nitrogen and oxygen atoms in total. The third-order valence-corrected chi connectivity index (χ3v) is 3.41. The van der Waals surface area contributed by atoms with E-state index in [0.29, 0.717) is 0 Å². The largest absolute Gasteiger partial charge is 0.300 e. The molecule has 0 saturated heterocycles. The normalized spacial score (nSPS) is 13.5. The van der Waals surface area contributed by atoms with E-state index in [-0.39, 0.29) is 5.38 Å². The number of thiophene rings is 1. The Labute approximate surface area is 95.7 Å². The molecule has 0 saturated carbocycles. The van der Waals surface area contributed by atoms with Gasteiger partial charge in [-0.1, -0.05) is 6.92 Å². The summed E-state index contributed by atoms with van der Waals surface area (Å²) in [6.45, 7) is 6.19. The Hall–Kier alpha value is -0.0500. The molecule has 0 aliphatic carbocycles. The molecule has 0 amide bonds. The smallest absolute Gasteiger partial charge is 0.0435 e. The van der Waals surface area contributed by atoms with Crippen molar-refractivity contribution in [3.63, 3.8) is 0 Å². The minimum absolute atomic E-state index is 0.227. The van der Waals surface area contributed by atoms with Crippen LogP contribution in [0.5, 0.6) is 0 Å². The Bertz CT molecular complexity index is 270. The first-order valence-corrected chi connectivity index (χ1v) is 6.27. The van der Waals surface area contributed by atoms with Crippen molar-refractivity contribution >= 4 is 22.9 Å². The quantitative estimate of drug-likeness (QED) is 0.703. The third-order valence-electron chi connectivity index (χ3n) is 2.05. The standard InChI is InChI=1S/C11H18ClNS/c1-4-10-5-6-11(14-10)8-13(3)7-9(2)12/h5-6,9H,4,7-8H2,1-3H3. The highest BCUT2D eigenvalue weighted by Crippen LogP contribution is 2.18. The first-order chi connectivity index (χ1) is 6.61. The van der Waals surface area contributed by atoms with Crippen LogP contribution in [0.25, 0.3) is 0 Å². The number of hydrogen-bond donors (Lipinski definition) is 0. The van der Waals surface area contributed by atoms with Gasteiger partial charge in [-0.15, -0.1) is 22.9 Å². The molecule has 1 atom stereocenters. The fourth-order valence-electron chi connectivity index (χ4n) is 1.46. The predicted octanol–water partition coefficient (Wildman–Crippen LogP) is 3.37. The van der Waals surface area contributed by atoms with Crippen LogP contribution in [-0.2, 0) is 13.0 Å². The molecule has 0 radical (unpaired) electrons. The van der Waals surface area contributed by atoms with Gasteiger partial charge in [0, 0.05) is 28.2 Å². The Balaban J connectivity index is 2.43. The fourth-order valence-corrected chi connectivity index (χ4v) is 2.73. The van der Waals surface area contributed by atoms with Crippen molar-refractivity contribution in [2.24, 2.45) is 0 Å². The molecule has 0 aromatic carbocycles. The van der Waals surface area contributed by atoms with Crippen molar-refractivity contribution in [1.82, 2.24) is 4.90 Å². The van der Waals surface area contributed by atoms with E-state index < -0.39 is 0 Å². The monoisotopic (exact) mass is 231 g/mol. The van der Waals surface area contributed by atoms with Crippen LogP contribution in [0.4, 0.5) is 0 Å². The molecule has 0 spiro atoms. The van der Waals surface area contributed by atoms with Crippen molar-refractivity contribution in [1.29, 1.82) is 0 Å². The molecule has 0 bridgehead atoms. The van der Waals surface area contributed by atoms with E-state index in [2.05, 4.69) is 31.0 Å². The number of rotatable bonds is 5. The molecule has 14 heavy (non-hydrogen) atoms. The van der Waals surface area contributed by atoms with Crippen LogP contribution in [0, 0.1) is 0 Å². The summed E-state index contributed by atoms with van der Waals surface area (Å²) in [6.07, 6.45) is 1.14. The number of alkyl halides is 1. The average molecular weight is 232 g/mol. The zero-order valence-corrected chi connectivity index (χ0v) is 10.7. The highest BCUT2D eigenvalue weighted by atomic mass is 35.5.